The van der Waals surface area contributed by atoms with E-state index in [2.05, 4.69) is 20.4 Å². The van der Waals surface area contributed by atoms with Crippen molar-refractivity contribution in [3.05, 3.63) is 83.9 Å². The fourth-order valence-electron chi connectivity index (χ4n) is 5.48. The summed E-state index contributed by atoms with van der Waals surface area (Å²) in [5.41, 5.74) is 2.45. The first-order valence-electron chi connectivity index (χ1n) is 15.1. The molecule has 0 unspecified atom stereocenters. The number of benzene rings is 3. The van der Waals surface area contributed by atoms with Gasteiger partial charge in [-0.25, -0.2) is 8.42 Å². The van der Waals surface area contributed by atoms with Crippen LogP contribution in [0.15, 0.2) is 77.7 Å². The van der Waals surface area contributed by atoms with E-state index in [-0.39, 0.29) is 22.9 Å². The van der Waals surface area contributed by atoms with Gasteiger partial charge in [-0.2, -0.15) is 15.0 Å². The van der Waals surface area contributed by atoms with Crippen LogP contribution in [0.3, 0.4) is 0 Å². The number of phenols is 1. The van der Waals surface area contributed by atoms with Crippen molar-refractivity contribution in [3.63, 3.8) is 0 Å². The molecule has 4 aromatic rings. The molecule has 0 spiro atoms. The highest BCUT2D eigenvalue weighted by Gasteiger charge is 2.28. The molecule has 230 valence electrons. The highest BCUT2D eigenvalue weighted by molar-refractivity contribution is 7.92. The molecular formula is C32H38N8O3S. The molecule has 0 bridgehead atoms. The van der Waals surface area contributed by atoms with Crippen molar-refractivity contribution < 1.29 is 13.5 Å². The molecule has 2 aliphatic heterocycles. The quantitative estimate of drug-likeness (QED) is 0.249. The minimum absolute atomic E-state index is 0.0537. The number of nitrogens with zero attached hydrogens (tertiary/aromatic N) is 6. The van der Waals surface area contributed by atoms with Crippen molar-refractivity contribution >= 4 is 39.2 Å². The maximum absolute atomic E-state index is 13.9. The Morgan fingerprint density at radius 2 is 1.50 bits per heavy atom. The summed E-state index contributed by atoms with van der Waals surface area (Å²) in [5.74, 6) is 1.43. The topological polar surface area (TPSA) is 127 Å². The van der Waals surface area contributed by atoms with Gasteiger partial charge in [0.1, 0.15) is 5.75 Å². The third-order valence-corrected chi connectivity index (χ3v) is 9.70. The molecule has 2 saturated heterocycles. The van der Waals surface area contributed by atoms with E-state index in [1.807, 2.05) is 37.3 Å². The lowest BCUT2D eigenvalue weighted by molar-refractivity contribution is 0.475. The van der Waals surface area contributed by atoms with E-state index in [0.717, 1.165) is 63.2 Å². The molecule has 2 aliphatic rings. The fraction of sp³-hybridized carbons (Fsp3) is 0.344. The molecule has 0 amide bonds. The summed E-state index contributed by atoms with van der Waals surface area (Å²) in [7, 11) is -4.00. The second-order valence-electron chi connectivity index (χ2n) is 11.2. The maximum Gasteiger partial charge on any atom is 0.264 e. The Labute approximate surface area is 258 Å². The number of phenolic OH excluding ortho intramolecular Hbond substituents is 1. The van der Waals surface area contributed by atoms with Gasteiger partial charge in [0, 0.05) is 51.0 Å². The van der Waals surface area contributed by atoms with Gasteiger partial charge < -0.3 is 25.5 Å². The van der Waals surface area contributed by atoms with Crippen molar-refractivity contribution in [2.24, 2.45) is 0 Å². The van der Waals surface area contributed by atoms with Gasteiger partial charge in [-0.3, -0.25) is 4.31 Å². The van der Waals surface area contributed by atoms with Crippen LogP contribution in [0.2, 0.25) is 0 Å². The molecule has 44 heavy (non-hydrogen) atoms. The van der Waals surface area contributed by atoms with Crippen LogP contribution >= 0.6 is 0 Å². The van der Waals surface area contributed by atoms with Crippen molar-refractivity contribution in [2.45, 2.75) is 37.6 Å². The van der Waals surface area contributed by atoms with E-state index in [9.17, 15) is 13.5 Å². The molecule has 3 N–H and O–H groups in total. The van der Waals surface area contributed by atoms with Crippen molar-refractivity contribution in [2.75, 3.05) is 58.7 Å². The molecule has 2 fully saturated rings. The molecule has 11 nitrogen and oxygen atoms in total. The van der Waals surface area contributed by atoms with E-state index < -0.39 is 10.0 Å². The SMILES string of the molecule is Cc1ccc(S(=O)(=O)N(Cc2ccccc2)c2ccc(Nc3nc(N4CCCCC4)nc(N4CCNCC4)n3)cc2O)cc1. The van der Waals surface area contributed by atoms with Crippen LogP contribution in [0.4, 0.5) is 29.2 Å². The minimum Gasteiger partial charge on any atom is -0.506 e. The maximum atomic E-state index is 13.9. The highest BCUT2D eigenvalue weighted by atomic mass is 32.2. The van der Waals surface area contributed by atoms with Crippen molar-refractivity contribution in [1.29, 1.82) is 0 Å². The summed E-state index contributed by atoms with van der Waals surface area (Å²) in [6.45, 7) is 7.06. The molecule has 12 heteroatoms. The van der Waals surface area contributed by atoms with Crippen LogP contribution in [0.1, 0.15) is 30.4 Å². The second-order valence-corrected chi connectivity index (χ2v) is 13.0. The molecular weight excluding hydrogens is 576 g/mol. The number of hydrogen-bond donors (Lipinski definition) is 3. The first-order chi connectivity index (χ1) is 21.4. The fourth-order valence-corrected chi connectivity index (χ4v) is 6.95. The highest BCUT2D eigenvalue weighted by Crippen LogP contribution is 2.36. The predicted molar refractivity (Wildman–Crippen MR) is 173 cm³/mol. The zero-order valence-corrected chi connectivity index (χ0v) is 25.7. The van der Waals surface area contributed by atoms with Gasteiger partial charge in [-0.15, -0.1) is 0 Å². The summed E-state index contributed by atoms with van der Waals surface area (Å²) < 4.78 is 29.1. The van der Waals surface area contributed by atoms with Gasteiger partial charge in [-0.05, 0) is 56.0 Å². The molecule has 0 aliphatic carbocycles. The number of aromatic nitrogens is 3. The first kappa shape index (κ1) is 29.6. The Bertz CT molecular complexity index is 1640. The average molecular weight is 615 g/mol. The van der Waals surface area contributed by atoms with E-state index in [4.69, 9.17) is 15.0 Å². The summed E-state index contributed by atoms with van der Waals surface area (Å²) >= 11 is 0. The molecule has 1 aromatic heterocycles. The average Bonchev–Trinajstić information content (AvgIpc) is 3.05. The summed E-state index contributed by atoms with van der Waals surface area (Å²) in [6, 6.07) is 20.9. The van der Waals surface area contributed by atoms with Crippen LogP contribution in [-0.4, -0.2) is 67.7 Å². The second kappa shape index (κ2) is 13.1. The number of nitrogens with one attached hydrogen (secondary N) is 2. The van der Waals surface area contributed by atoms with Gasteiger partial charge >= 0.3 is 0 Å². The Balaban J connectivity index is 1.32. The minimum atomic E-state index is -4.00. The van der Waals surface area contributed by atoms with Crippen LogP contribution in [0.25, 0.3) is 0 Å². The van der Waals surface area contributed by atoms with Crippen LogP contribution in [-0.2, 0) is 16.6 Å². The number of piperazine rings is 1. The standard InChI is InChI=1S/C32H38N8O3S/c1-24-10-13-27(14-11-24)44(42,43)40(23-25-8-4-2-5-9-25)28-15-12-26(22-29(28)41)34-30-35-31(38-18-6-3-7-19-38)37-32(36-30)39-20-16-33-17-21-39/h2,4-5,8-15,22,33,41H,3,6-7,16-21,23H2,1H3,(H,34,35,36,37). The monoisotopic (exact) mass is 614 g/mol. The van der Waals surface area contributed by atoms with Gasteiger partial charge in [0.05, 0.1) is 17.1 Å². The van der Waals surface area contributed by atoms with Crippen molar-refractivity contribution in [3.8, 4) is 5.75 Å². The van der Waals surface area contributed by atoms with Gasteiger partial charge in [0.25, 0.3) is 10.0 Å². The zero-order chi connectivity index (χ0) is 30.5. The van der Waals surface area contributed by atoms with Crippen LogP contribution < -0.4 is 24.7 Å². The molecule has 3 aromatic carbocycles. The number of aromatic hydroxyl groups is 1. The lowest BCUT2D eigenvalue weighted by atomic mass is 10.1. The lowest BCUT2D eigenvalue weighted by Crippen LogP contribution is -2.44. The van der Waals surface area contributed by atoms with Gasteiger partial charge in [-0.1, -0.05) is 48.0 Å². The molecule has 0 radical (unpaired) electrons. The number of anilines is 5. The Hall–Kier alpha value is -4.42. The molecule has 3 heterocycles. The Kier molecular flexibility index (Phi) is 8.80. The van der Waals surface area contributed by atoms with E-state index >= 15 is 0 Å². The normalized spacial score (nSPS) is 15.7. The number of aryl methyl sites for hydroxylation is 1. The molecule has 0 saturated carbocycles. The van der Waals surface area contributed by atoms with E-state index in [1.54, 1.807) is 36.4 Å². The number of piperidine rings is 1. The number of rotatable bonds is 9. The predicted octanol–water partition coefficient (Wildman–Crippen LogP) is 4.42. The Morgan fingerprint density at radius 1 is 0.841 bits per heavy atom. The largest absolute Gasteiger partial charge is 0.506 e. The summed E-state index contributed by atoms with van der Waals surface area (Å²) in [4.78, 5) is 18.8. The third kappa shape index (κ3) is 6.71. The zero-order valence-electron chi connectivity index (χ0n) is 24.9. The number of sulfonamides is 1. The summed E-state index contributed by atoms with van der Waals surface area (Å²) in [5, 5.41) is 17.9. The van der Waals surface area contributed by atoms with E-state index in [1.165, 1.54) is 16.8 Å². The third-order valence-electron chi connectivity index (χ3n) is 7.93. The molecule has 6 rings (SSSR count). The smallest absolute Gasteiger partial charge is 0.264 e. The van der Waals surface area contributed by atoms with Gasteiger partial charge in [0.15, 0.2) is 0 Å². The summed E-state index contributed by atoms with van der Waals surface area (Å²) in [6.07, 6.45) is 3.39. The van der Waals surface area contributed by atoms with E-state index in [0.29, 0.717) is 23.5 Å². The van der Waals surface area contributed by atoms with Crippen LogP contribution in [0, 0.1) is 6.92 Å². The first-order valence-corrected chi connectivity index (χ1v) is 16.5. The lowest BCUT2D eigenvalue weighted by Gasteiger charge is -2.30. The van der Waals surface area contributed by atoms with Crippen molar-refractivity contribution in [1.82, 2.24) is 20.3 Å². The number of hydrogen-bond acceptors (Lipinski definition) is 10. The molecule has 0 atom stereocenters. The Morgan fingerprint density at radius 3 is 2.16 bits per heavy atom. The van der Waals surface area contributed by atoms with Crippen LogP contribution in [0.5, 0.6) is 5.75 Å². The van der Waals surface area contributed by atoms with Gasteiger partial charge in [0.2, 0.25) is 17.8 Å².